The molecule has 1 saturated carbocycles. The van der Waals surface area contributed by atoms with Crippen molar-refractivity contribution in [3.63, 3.8) is 0 Å². The van der Waals surface area contributed by atoms with E-state index in [4.69, 9.17) is 0 Å². The number of thioether (sulfide) groups is 1. The van der Waals surface area contributed by atoms with Crippen LogP contribution in [0, 0.1) is 11.8 Å². The number of nitrogens with zero attached hydrogens (tertiary/aromatic N) is 1. The Hall–Kier alpha value is -2.10. The molecule has 1 aliphatic carbocycles. The van der Waals surface area contributed by atoms with Crippen LogP contribution < -0.4 is 15.4 Å². The number of nitrogens with one attached hydrogen (secondary N) is 2. The Balaban J connectivity index is 1.52. The largest absolute Gasteiger partial charge is 0.573 e. The lowest BCUT2D eigenvalue weighted by Crippen LogP contribution is -2.44. The van der Waals surface area contributed by atoms with Crippen LogP contribution >= 0.6 is 11.8 Å². The summed E-state index contributed by atoms with van der Waals surface area (Å²) in [4.78, 5) is 28.0. The van der Waals surface area contributed by atoms with Gasteiger partial charge in [-0.3, -0.25) is 9.59 Å². The zero-order valence-corrected chi connectivity index (χ0v) is 21.1. The summed E-state index contributed by atoms with van der Waals surface area (Å²) in [6.45, 7) is 3.76. The average Bonchev–Trinajstić information content (AvgIpc) is 2.83. The Morgan fingerprint density at radius 3 is 2.40 bits per heavy atom. The van der Waals surface area contributed by atoms with Crippen LogP contribution in [-0.4, -0.2) is 60.3 Å². The van der Waals surface area contributed by atoms with Crippen LogP contribution in [-0.2, 0) is 9.59 Å². The van der Waals surface area contributed by atoms with Crippen molar-refractivity contribution in [2.75, 3.05) is 36.5 Å². The summed E-state index contributed by atoms with van der Waals surface area (Å²) in [7, 11) is 0. The second-order valence-electron chi connectivity index (χ2n) is 9.50. The Labute approximate surface area is 209 Å². The topological polar surface area (TPSA) is 70.7 Å². The highest BCUT2D eigenvalue weighted by Crippen LogP contribution is 2.31. The molecule has 2 aliphatic rings. The molecule has 0 aromatic heterocycles. The lowest BCUT2D eigenvalue weighted by Gasteiger charge is -2.30. The van der Waals surface area contributed by atoms with E-state index >= 15 is 0 Å². The lowest BCUT2D eigenvalue weighted by atomic mass is 9.81. The van der Waals surface area contributed by atoms with Crippen LogP contribution in [0.4, 0.5) is 18.9 Å². The number of benzene rings is 1. The van der Waals surface area contributed by atoms with Crippen molar-refractivity contribution in [3.8, 4) is 5.75 Å². The summed E-state index contributed by atoms with van der Waals surface area (Å²) in [5, 5.41) is 6.16. The second kappa shape index (κ2) is 13.3. The number of alkyl halides is 3. The summed E-state index contributed by atoms with van der Waals surface area (Å²) >= 11 is 1.85. The number of hydrogen-bond acceptors (Lipinski definition) is 5. The fourth-order valence-electron chi connectivity index (χ4n) is 4.72. The monoisotopic (exact) mass is 515 g/mol. The molecule has 2 atom stereocenters. The van der Waals surface area contributed by atoms with Crippen LogP contribution in [0.15, 0.2) is 24.3 Å². The van der Waals surface area contributed by atoms with Gasteiger partial charge in [0.05, 0.1) is 0 Å². The third kappa shape index (κ3) is 9.82. The van der Waals surface area contributed by atoms with Crippen LogP contribution in [0.1, 0.15) is 51.9 Å². The quantitative estimate of drug-likeness (QED) is 0.456. The number of rotatable bonds is 10. The summed E-state index contributed by atoms with van der Waals surface area (Å²) in [6.07, 6.45) is 2.09. The van der Waals surface area contributed by atoms with Gasteiger partial charge in [0.25, 0.3) is 0 Å². The lowest BCUT2D eigenvalue weighted by molar-refractivity contribution is -0.274. The fraction of sp³-hybridized carbons (Fsp3) is 0.680. The van der Waals surface area contributed by atoms with E-state index in [9.17, 15) is 22.8 Å². The van der Waals surface area contributed by atoms with Crippen LogP contribution in [0.2, 0.25) is 0 Å². The zero-order chi connectivity index (χ0) is 25.3. The van der Waals surface area contributed by atoms with Gasteiger partial charge in [0.1, 0.15) is 5.75 Å². The third-order valence-corrected chi connectivity index (χ3v) is 7.53. The van der Waals surface area contributed by atoms with E-state index in [1.165, 1.54) is 43.5 Å². The molecule has 1 aromatic rings. The van der Waals surface area contributed by atoms with E-state index in [2.05, 4.69) is 15.4 Å². The maximum atomic E-state index is 13.2. The first-order chi connectivity index (χ1) is 16.7. The minimum atomic E-state index is -4.73. The molecule has 3 rings (SSSR count). The molecular formula is C25H36F3N3O3S. The van der Waals surface area contributed by atoms with Gasteiger partial charge in [-0.25, -0.2) is 0 Å². The van der Waals surface area contributed by atoms with Crippen molar-refractivity contribution in [2.24, 2.45) is 11.8 Å². The minimum Gasteiger partial charge on any atom is -0.406 e. The van der Waals surface area contributed by atoms with E-state index in [1.54, 1.807) is 0 Å². The van der Waals surface area contributed by atoms with Crippen molar-refractivity contribution in [3.05, 3.63) is 24.3 Å². The maximum Gasteiger partial charge on any atom is 0.573 e. The molecule has 1 heterocycles. The number of carbonyl (C=O) groups excluding carboxylic acids is 2. The van der Waals surface area contributed by atoms with Gasteiger partial charge in [-0.15, -0.1) is 13.2 Å². The molecule has 0 bridgehead atoms. The normalized spacial score (nSPS) is 19.0. The van der Waals surface area contributed by atoms with Crippen molar-refractivity contribution >= 4 is 29.3 Å². The van der Waals surface area contributed by atoms with Crippen LogP contribution in [0.3, 0.4) is 0 Å². The highest BCUT2D eigenvalue weighted by atomic mass is 32.2. The van der Waals surface area contributed by atoms with Gasteiger partial charge in [-0.05, 0) is 43.5 Å². The summed E-state index contributed by atoms with van der Waals surface area (Å²) in [5.41, 5.74) is 0.623. The fourth-order valence-corrected chi connectivity index (χ4v) is 5.62. The van der Waals surface area contributed by atoms with Crippen LogP contribution in [0.25, 0.3) is 0 Å². The van der Waals surface area contributed by atoms with Gasteiger partial charge in [-0.1, -0.05) is 32.1 Å². The van der Waals surface area contributed by atoms with E-state index in [0.29, 0.717) is 18.2 Å². The average molecular weight is 516 g/mol. The van der Waals surface area contributed by atoms with Gasteiger partial charge in [0, 0.05) is 55.2 Å². The predicted molar refractivity (Wildman–Crippen MR) is 132 cm³/mol. The molecule has 2 amide bonds. The van der Waals surface area contributed by atoms with Gasteiger partial charge < -0.3 is 20.3 Å². The maximum absolute atomic E-state index is 13.2. The minimum absolute atomic E-state index is 0.0632. The summed E-state index contributed by atoms with van der Waals surface area (Å²) in [6, 6.07) is 5.26. The molecule has 2 N–H and O–H groups in total. The Kier molecular flexibility index (Phi) is 10.4. The molecular weight excluding hydrogens is 479 g/mol. The Bertz CT molecular complexity index is 810. The number of halogens is 3. The Morgan fingerprint density at radius 2 is 1.77 bits per heavy atom. The zero-order valence-electron chi connectivity index (χ0n) is 20.2. The molecule has 196 valence electrons. The summed E-state index contributed by atoms with van der Waals surface area (Å²) in [5.74, 6) is 1.70. The van der Waals surface area contributed by atoms with E-state index in [-0.39, 0.29) is 35.9 Å². The number of amides is 2. The van der Waals surface area contributed by atoms with Gasteiger partial charge >= 0.3 is 6.36 Å². The van der Waals surface area contributed by atoms with E-state index in [0.717, 1.165) is 43.9 Å². The van der Waals surface area contributed by atoms with Gasteiger partial charge in [0.15, 0.2) is 0 Å². The molecule has 1 saturated heterocycles. The molecule has 0 spiro atoms. The molecule has 0 unspecified atom stereocenters. The van der Waals surface area contributed by atoms with E-state index in [1.807, 2.05) is 23.6 Å². The molecule has 1 aromatic carbocycles. The predicted octanol–water partition coefficient (Wildman–Crippen LogP) is 5.05. The number of anilines is 1. The van der Waals surface area contributed by atoms with Crippen molar-refractivity contribution < 1.29 is 27.5 Å². The molecule has 35 heavy (non-hydrogen) atoms. The van der Waals surface area contributed by atoms with Crippen molar-refractivity contribution in [2.45, 2.75) is 64.3 Å². The van der Waals surface area contributed by atoms with Crippen molar-refractivity contribution in [1.82, 2.24) is 10.2 Å². The SMILES string of the molecule is C[C@@H](CNc1ccc(OC(F)(F)F)cc1)NC(=O)[C@@H](CC(=O)N1CCSCC1)CC1CCCCC1. The highest BCUT2D eigenvalue weighted by molar-refractivity contribution is 7.99. The molecule has 6 nitrogen and oxygen atoms in total. The first kappa shape index (κ1) is 27.5. The smallest absolute Gasteiger partial charge is 0.406 e. The molecule has 0 radical (unpaired) electrons. The third-order valence-electron chi connectivity index (χ3n) is 6.59. The van der Waals surface area contributed by atoms with Crippen molar-refractivity contribution in [1.29, 1.82) is 0 Å². The standard InChI is InChI=1S/C25H36F3N3O3S/c1-18(17-29-21-7-9-22(10-8-21)34-25(26,27)28)30-24(33)20(15-19-5-3-2-4-6-19)16-23(32)31-11-13-35-14-12-31/h7-10,18-20,29H,2-6,11-17H2,1H3,(H,30,33)/t18-,20+/m0/s1. The molecule has 2 fully saturated rings. The molecule has 10 heteroatoms. The second-order valence-corrected chi connectivity index (χ2v) is 10.7. The molecule has 1 aliphatic heterocycles. The van der Waals surface area contributed by atoms with Gasteiger partial charge in [0.2, 0.25) is 11.8 Å². The first-order valence-electron chi connectivity index (χ1n) is 12.4. The number of ether oxygens (including phenoxy) is 1. The highest BCUT2D eigenvalue weighted by Gasteiger charge is 2.31. The number of carbonyl (C=O) groups is 2. The number of hydrogen-bond donors (Lipinski definition) is 2. The first-order valence-corrected chi connectivity index (χ1v) is 13.6. The Morgan fingerprint density at radius 1 is 1.11 bits per heavy atom. The van der Waals surface area contributed by atoms with E-state index < -0.39 is 6.36 Å². The summed E-state index contributed by atoms with van der Waals surface area (Å²) < 4.78 is 40.8. The van der Waals surface area contributed by atoms with Crippen LogP contribution in [0.5, 0.6) is 5.75 Å². The van der Waals surface area contributed by atoms with Gasteiger partial charge in [-0.2, -0.15) is 11.8 Å².